The summed E-state index contributed by atoms with van der Waals surface area (Å²) in [6.45, 7) is 0. The number of hydrogen-bond donors (Lipinski definition) is 0. The predicted molar refractivity (Wildman–Crippen MR) is 218 cm³/mol. The summed E-state index contributed by atoms with van der Waals surface area (Å²) in [5.74, 6) is 0.0249. The lowest BCUT2D eigenvalue weighted by Gasteiger charge is -2.19. The zero-order valence-corrected chi connectivity index (χ0v) is 26.7. The van der Waals surface area contributed by atoms with Crippen LogP contribution in [0.15, 0.2) is 186 Å². The molecule has 236 valence electrons. The molecule has 0 unspecified atom stereocenters. The molecular formula is C50H30O. The zero-order valence-electron chi connectivity index (χ0n) is 39.7. The van der Waals surface area contributed by atoms with E-state index in [2.05, 4.69) is 0 Å². The summed E-state index contributed by atoms with van der Waals surface area (Å²) in [5, 5.41) is 6.46. The second-order valence-electron chi connectivity index (χ2n) is 12.6. The van der Waals surface area contributed by atoms with Crippen molar-refractivity contribution < 1.29 is 22.2 Å². The van der Waals surface area contributed by atoms with E-state index in [4.69, 9.17) is 16.8 Å². The Bertz CT molecular complexity index is 3870. The number of para-hydroxylation sites is 1. The van der Waals surface area contributed by atoms with Crippen molar-refractivity contribution >= 4 is 75.6 Å². The SMILES string of the molecule is [2H]c1c([2H])c([2H])c2c([2H])c(-c3cc4ccccc4c4cc(-c5c6c([2H])c([2H])c([2H])c([2H])c6c(-c6cccc7c6ccc6ccccc67)c6c([2H])c([2H])c([2H])c([2H])c56)ccc34)oc2c1[2H]. The van der Waals surface area contributed by atoms with Gasteiger partial charge in [0, 0.05) is 10.9 Å². The third kappa shape index (κ3) is 4.22. The van der Waals surface area contributed by atoms with Gasteiger partial charge in [0.05, 0.1) is 17.8 Å². The largest absolute Gasteiger partial charge is 0.456 e. The van der Waals surface area contributed by atoms with Gasteiger partial charge in [-0.2, -0.15) is 0 Å². The second-order valence-corrected chi connectivity index (χ2v) is 12.6. The Hall–Kier alpha value is -6.70. The van der Waals surface area contributed by atoms with Gasteiger partial charge in [-0.05, 0) is 111 Å². The van der Waals surface area contributed by atoms with E-state index in [0.717, 1.165) is 32.3 Å². The number of rotatable bonds is 3. The van der Waals surface area contributed by atoms with Crippen LogP contribution in [-0.4, -0.2) is 0 Å². The van der Waals surface area contributed by atoms with Gasteiger partial charge in [0.25, 0.3) is 0 Å². The fraction of sp³-hybridized carbons (Fsp3) is 0. The lowest BCUT2D eigenvalue weighted by Crippen LogP contribution is -1.92. The van der Waals surface area contributed by atoms with E-state index in [1.807, 2.05) is 91.0 Å². The van der Waals surface area contributed by atoms with Crippen LogP contribution >= 0.6 is 0 Å². The van der Waals surface area contributed by atoms with E-state index in [1.54, 1.807) is 12.1 Å². The molecule has 0 fully saturated rings. The summed E-state index contributed by atoms with van der Waals surface area (Å²) in [5.41, 5.74) is 1.64. The Kier molecular flexibility index (Phi) is 3.92. The topological polar surface area (TPSA) is 13.1 Å². The zero-order chi connectivity index (χ0) is 44.8. The Balaban J connectivity index is 1.32. The van der Waals surface area contributed by atoms with Crippen molar-refractivity contribution in [2.24, 2.45) is 0 Å². The highest BCUT2D eigenvalue weighted by molar-refractivity contribution is 6.25. The van der Waals surface area contributed by atoms with E-state index in [0.29, 0.717) is 27.5 Å². The van der Waals surface area contributed by atoms with Crippen LogP contribution in [0.2, 0.25) is 0 Å². The van der Waals surface area contributed by atoms with Gasteiger partial charge in [0.15, 0.2) is 0 Å². The summed E-state index contributed by atoms with van der Waals surface area (Å²) in [4.78, 5) is 0. The maximum atomic E-state index is 9.55. The van der Waals surface area contributed by atoms with Crippen LogP contribution in [0.5, 0.6) is 0 Å². The molecule has 51 heavy (non-hydrogen) atoms. The molecular weight excluding hydrogens is 617 g/mol. The van der Waals surface area contributed by atoms with Gasteiger partial charge < -0.3 is 4.42 Å². The van der Waals surface area contributed by atoms with Crippen LogP contribution in [0.4, 0.5) is 0 Å². The van der Waals surface area contributed by atoms with Gasteiger partial charge in [-0.3, -0.25) is 0 Å². The van der Waals surface area contributed by atoms with Crippen LogP contribution in [-0.2, 0) is 0 Å². The number of fused-ring (bicyclic) bond motifs is 9. The lowest BCUT2D eigenvalue weighted by atomic mass is 9.83. The molecule has 0 saturated heterocycles. The minimum atomic E-state index is -0.510. The van der Waals surface area contributed by atoms with Crippen molar-refractivity contribution in [3.8, 4) is 33.6 Å². The Morgan fingerprint density at radius 1 is 0.373 bits per heavy atom. The molecule has 1 nitrogen and oxygen atoms in total. The molecule has 11 aromatic rings. The van der Waals surface area contributed by atoms with E-state index < -0.39 is 48.3 Å². The average Bonchev–Trinajstić information content (AvgIpc) is 3.67. The average molecular weight is 660 g/mol. The second kappa shape index (κ2) is 10.9. The summed E-state index contributed by atoms with van der Waals surface area (Å²) in [6, 6.07) is 26.4. The fourth-order valence-corrected chi connectivity index (χ4v) is 7.72. The molecule has 11 rings (SSSR count). The van der Waals surface area contributed by atoms with Crippen LogP contribution in [0.3, 0.4) is 0 Å². The van der Waals surface area contributed by atoms with Crippen LogP contribution in [0.1, 0.15) is 17.8 Å². The highest BCUT2D eigenvalue weighted by Gasteiger charge is 2.20. The normalized spacial score (nSPS) is 15.5. The molecule has 1 heterocycles. The molecule has 10 aromatic carbocycles. The van der Waals surface area contributed by atoms with Gasteiger partial charge >= 0.3 is 0 Å². The maximum Gasteiger partial charge on any atom is 0.136 e. The molecule has 0 spiro atoms. The van der Waals surface area contributed by atoms with Gasteiger partial charge in [-0.15, -0.1) is 0 Å². The maximum absolute atomic E-state index is 9.55. The Morgan fingerprint density at radius 2 is 0.980 bits per heavy atom. The summed E-state index contributed by atoms with van der Waals surface area (Å²) in [6.07, 6.45) is 0. The quantitative estimate of drug-likeness (QED) is 0.136. The third-order valence-corrected chi connectivity index (χ3v) is 9.92. The van der Waals surface area contributed by atoms with Crippen molar-refractivity contribution in [1.29, 1.82) is 0 Å². The molecule has 0 N–H and O–H groups in total. The van der Waals surface area contributed by atoms with Gasteiger partial charge in [0.2, 0.25) is 0 Å². The highest BCUT2D eigenvalue weighted by Crippen LogP contribution is 2.47. The molecule has 0 aliphatic carbocycles. The van der Waals surface area contributed by atoms with Crippen molar-refractivity contribution in [2.45, 2.75) is 0 Å². The van der Waals surface area contributed by atoms with Gasteiger partial charge in [-0.1, -0.05) is 157 Å². The smallest absolute Gasteiger partial charge is 0.136 e. The molecule has 0 aliphatic heterocycles. The number of hydrogen-bond acceptors (Lipinski definition) is 1. The van der Waals surface area contributed by atoms with Crippen LogP contribution in [0.25, 0.3) is 109 Å². The first-order chi connectivity index (χ1) is 30.7. The minimum Gasteiger partial charge on any atom is -0.456 e. The van der Waals surface area contributed by atoms with Crippen LogP contribution in [0, 0.1) is 0 Å². The van der Waals surface area contributed by atoms with E-state index in [1.165, 1.54) is 0 Å². The molecule has 1 heteroatoms. The number of furan rings is 1. The van der Waals surface area contributed by atoms with E-state index >= 15 is 0 Å². The highest BCUT2D eigenvalue weighted by atomic mass is 16.3. The molecule has 0 aliphatic rings. The lowest BCUT2D eigenvalue weighted by molar-refractivity contribution is 0.632. The molecule has 0 amide bonds. The van der Waals surface area contributed by atoms with E-state index in [-0.39, 0.29) is 79.6 Å². The number of benzene rings is 10. The third-order valence-electron chi connectivity index (χ3n) is 9.92. The van der Waals surface area contributed by atoms with Gasteiger partial charge in [0.1, 0.15) is 11.3 Å². The fourth-order valence-electron chi connectivity index (χ4n) is 7.72. The van der Waals surface area contributed by atoms with Crippen molar-refractivity contribution in [3.05, 3.63) is 182 Å². The van der Waals surface area contributed by atoms with Crippen molar-refractivity contribution in [2.75, 3.05) is 0 Å². The first-order valence-corrected chi connectivity index (χ1v) is 16.5. The Labute approximate surface area is 312 Å². The summed E-state index contributed by atoms with van der Waals surface area (Å²) >= 11 is 0. The predicted octanol–water partition coefficient (Wildman–Crippen LogP) is 14.4. The van der Waals surface area contributed by atoms with Gasteiger partial charge in [-0.25, -0.2) is 0 Å². The minimum absolute atomic E-state index is 0.0249. The summed E-state index contributed by atoms with van der Waals surface area (Å²) < 4.78 is 123. The van der Waals surface area contributed by atoms with Crippen molar-refractivity contribution in [3.63, 3.8) is 0 Å². The van der Waals surface area contributed by atoms with E-state index in [9.17, 15) is 5.48 Å². The van der Waals surface area contributed by atoms with Crippen LogP contribution < -0.4 is 0 Å². The molecule has 1 aromatic heterocycles. The molecule has 0 radical (unpaired) electrons. The molecule has 0 saturated carbocycles. The first kappa shape index (κ1) is 18.3. The van der Waals surface area contributed by atoms with Crippen molar-refractivity contribution in [1.82, 2.24) is 0 Å². The molecule has 0 bridgehead atoms. The Morgan fingerprint density at radius 3 is 1.76 bits per heavy atom. The first-order valence-electron chi connectivity index (χ1n) is 23.0. The monoisotopic (exact) mass is 659 g/mol. The summed E-state index contributed by atoms with van der Waals surface area (Å²) in [7, 11) is 0. The molecule has 0 atom stereocenters. The standard InChI is InChI=1S/C50H30O/c1-4-15-35-31(12-1)24-26-38-37(35)21-11-22-40(38)50-43-19-8-6-17-41(43)49(42-18-7-9-20-44(42)50)34-25-27-39-45(29-34)36-16-5-2-13-32(36)28-46(39)48-30-33-14-3-10-23-47(33)51-48/h1-30H/i3D,6D,7D,8D,9D,10D,14D,17D,18D,19D,20D,23D,30D.